The van der Waals surface area contributed by atoms with Gasteiger partial charge in [-0.3, -0.25) is 9.59 Å². The molecule has 0 bridgehead atoms. The van der Waals surface area contributed by atoms with Crippen LogP contribution >= 0.6 is 0 Å². The number of piperidine rings is 1. The van der Waals surface area contributed by atoms with Crippen LogP contribution < -0.4 is 11.5 Å². The highest BCUT2D eigenvalue weighted by Crippen LogP contribution is 2.39. The van der Waals surface area contributed by atoms with Gasteiger partial charge in [0, 0.05) is 25.1 Å². The van der Waals surface area contributed by atoms with E-state index in [0.717, 1.165) is 11.6 Å². The highest BCUT2D eigenvalue weighted by atomic mass is 19.4. The summed E-state index contributed by atoms with van der Waals surface area (Å²) in [7, 11) is 0. The second-order valence-electron chi connectivity index (χ2n) is 7.78. The number of hydrogen-bond acceptors (Lipinski definition) is 2. The van der Waals surface area contributed by atoms with Crippen LogP contribution in [-0.2, 0) is 17.4 Å². The minimum atomic E-state index is -4.63. The minimum Gasteiger partial charge on any atom is -0.370 e. The number of alkyl halides is 3. The van der Waals surface area contributed by atoms with E-state index >= 15 is 0 Å². The predicted molar refractivity (Wildman–Crippen MR) is 115 cm³/mol. The van der Waals surface area contributed by atoms with Crippen molar-refractivity contribution < 1.29 is 22.8 Å². The van der Waals surface area contributed by atoms with Gasteiger partial charge in [-0.1, -0.05) is 36.4 Å². The maximum atomic E-state index is 13.7. The lowest BCUT2D eigenvalue weighted by molar-refractivity contribution is -0.139. The van der Waals surface area contributed by atoms with Crippen molar-refractivity contribution in [2.75, 3.05) is 13.1 Å². The van der Waals surface area contributed by atoms with E-state index in [1.54, 1.807) is 4.90 Å². The van der Waals surface area contributed by atoms with Gasteiger partial charge in [0.2, 0.25) is 5.91 Å². The molecule has 1 aliphatic heterocycles. The highest BCUT2D eigenvalue weighted by molar-refractivity contribution is 6.02. The SMILES string of the molecule is NC(N)=NC(=O)c1ccc(C2CCN(C(=O)CCc3ccccc3)CC2)c(C(F)(F)F)c1. The van der Waals surface area contributed by atoms with Gasteiger partial charge in [0.25, 0.3) is 5.91 Å². The van der Waals surface area contributed by atoms with Crippen molar-refractivity contribution in [1.82, 2.24) is 4.90 Å². The third-order valence-electron chi connectivity index (χ3n) is 5.59. The minimum absolute atomic E-state index is 0.00141. The van der Waals surface area contributed by atoms with Gasteiger partial charge in [-0.2, -0.15) is 18.2 Å². The first kappa shape index (κ1) is 23.3. The summed E-state index contributed by atoms with van der Waals surface area (Å²) in [4.78, 5) is 29.5. The van der Waals surface area contributed by atoms with E-state index in [2.05, 4.69) is 4.99 Å². The number of benzene rings is 2. The number of nitrogens with zero attached hydrogens (tertiary/aromatic N) is 2. The molecule has 0 aromatic heterocycles. The lowest BCUT2D eigenvalue weighted by Crippen LogP contribution is -2.38. The lowest BCUT2D eigenvalue weighted by atomic mass is 9.85. The average Bonchev–Trinajstić information content (AvgIpc) is 2.77. The number of carbonyl (C=O) groups is 2. The number of nitrogens with two attached hydrogens (primary N) is 2. The van der Waals surface area contributed by atoms with E-state index in [4.69, 9.17) is 11.5 Å². The molecule has 0 spiro atoms. The summed E-state index contributed by atoms with van der Waals surface area (Å²) in [5.74, 6) is -1.81. The van der Waals surface area contributed by atoms with Gasteiger partial charge in [-0.25, -0.2) is 0 Å². The summed E-state index contributed by atoms with van der Waals surface area (Å²) < 4.78 is 41.1. The molecule has 2 aromatic carbocycles. The molecular weight excluding hydrogens is 421 g/mol. The van der Waals surface area contributed by atoms with E-state index in [1.807, 2.05) is 30.3 Å². The van der Waals surface area contributed by atoms with Gasteiger partial charge >= 0.3 is 6.18 Å². The molecule has 1 heterocycles. The largest absolute Gasteiger partial charge is 0.416 e. The third-order valence-corrected chi connectivity index (χ3v) is 5.59. The number of rotatable bonds is 5. The summed E-state index contributed by atoms with van der Waals surface area (Å²) in [6.07, 6.45) is -2.80. The zero-order chi connectivity index (χ0) is 23.3. The summed E-state index contributed by atoms with van der Waals surface area (Å²) in [6, 6.07) is 13.1. The van der Waals surface area contributed by atoms with Gasteiger partial charge in [0.15, 0.2) is 5.96 Å². The molecule has 4 N–H and O–H groups in total. The maximum absolute atomic E-state index is 13.7. The second kappa shape index (κ2) is 9.84. The Morgan fingerprint density at radius 3 is 2.28 bits per heavy atom. The normalized spacial score (nSPS) is 14.8. The maximum Gasteiger partial charge on any atom is 0.416 e. The van der Waals surface area contributed by atoms with E-state index in [9.17, 15) is 22.8 Å². The Kier molecular flexibility index (Phi) is 7.17. The molecule has 0 saturated carbocycles. The molecule has 2 aromatic rings. The fourth-order valence-electron chi connectivity index (χ4n) is 3.97. The Hall–Kier alpha value is -3.36. The summed E-state index contributed by atoms with van der Waals surface area (Å²) >= 11 is 0. The van der Waals surface area contributed by atoms with Crippen LogP contribution in [0.1, 0.15) is 52.2 Å². The van der Waals surface area contributed by atoms with Crippen molar-refractivity contribution in [3.05, 3.63) is 70.8 Å². The molecule has 2 amide bonds. The molecule has 0 unspecified atom stereocenters. The number of guanidine groups is 1. The first-order valence-corrected chi connectivity index (χ1v) is 10.3. The molecule has 0 atom stereocenters. The molecule has 3 rings (SSSR count). The van der Waals surface area contributed by atoms with Crippen molar-refractivity contribution >= 4 is 17.8 Å². The lowest BCUT2D eigenvalue weighted by Gasteiger charge is -2.33. The van der Waals surface area contributed by atoms with Gasteiger partial charge in [-0.15, -0.1) is 0 Å². The number of aliphatic imine (C=N–C) groups is 1. The summed E-state index contributed by atoms with van der Waals surface area (Å²) in [5.41, 5.74) is 10.4. The smallest absolute Gasteiger partial charge is 0.370 e. The predicted octanol–water partition coefficient (Wildman–Crippen LogP) is 3.46. The highest BCUT2D eigenvalue weighted by Gasteiger charge is 2.37. The van der Waals surface area contributed by atoms with Crippen molar-refractivity contribution in [2.45, 2.75) is 37.8 Å². The van der Waals surface area contributed by atoms with Crippen LogP contribution in [0.3, 0.4) is 0 Å². The van der Waals surface area contributed by atoms with E-state index in [1.165, 1.54) is 12.1 Å². The molecule has 170 valence electrons. The van der Waals surface area contributed by atoms with Crippen LogP contribution in [0.2, 0.25) is 0 Å². The molecule has 32 heavy (non-hydrogen) atoms. The Labute approximate surface area is 184 Å². The standard InChI is InChI=1S/C23H25F3N4O2/c24-23(25,26)19-14-17(21(32)29-22(27)28)7-8-18(19)16-10-12-30(13-11-16)20(31)9-6-15-4-2-1-3-5-15/h1-5,7-8,14,16H,6,9-13H2,(H4,27,28,29,32). The van der Waals surface area contributed by atoms with Crippen molar-refractivity contribution in [1.29, 1.82) is 0 Å². The molecule has 0 radical (unpaired) electrons. The Balaban J connectivity index is 1.68. The van der Waals surface area contributed by atoms with Crippen LogP contribution in [0.4, 0.5) is 13.2 Å². The van der Waals surface area contributed by atoms with Gasteiger partial charge in [-0.05, 0) is 48.4 Å². The van der Waals surface area contributed by atoms with Crippen LogP contribution in [-0.4, -0.2) is 35.8 Å². The monoisotopic (exact) mass is 446 g/mol. The molecular formula is C23H25F3N4O2. The van der Waals surface area contributed by atoms with Crippen molar-refractivity contribution in [3.63, 3.8) is 0 Å². The number of amides is 2. The molecule has 6 nitrogen and oxygen atoms in total. The van der Waals surface area contributed by atoms with Crippen molar-refractivity contribution in [3.8, 4) is 0 Å². The van der Waals surface area contributed by atoms with Crippen LogP contribution in [0, 0.1) is 0 Å². The quantitative estimate of drug-likeness (QED) is 0.542. The van der Waals surface area contributed by atoms with E-state index in [-0.39, 0.29) is 23.0 Å². The number of hydrogen-bond donors (Lipinski definition) is 2. The Morgan fingerprint density at radius 1 is 1.03 bits per heavy atom. The summed E-state index contributed by atoms with van der Waals surface area (Å²) in [5, 5.41) is 0. The van der Waals surface area contributed by atoms with E-state index < -0.39 is 23.6 Å². The summed E-state index contributed by atoms with van der Waals surface area (Å²) in [6.45, 7) is 0.786. The van der Waals surface area contributed by atoms with E-state index in [0.29, 0.717) is 38.8 Å². The zero-order valence-electron chi connectivity index (χ0n) is 17.4. The van der Waals surface area contributed by atoms with Crippen LogP contribution in [0.5, 0.6) is 0 Å². The third kappa shape index (κ3) is 5.87. The van der Waals surface area contributed by atoms with Gasteiger partial charge in [0.05, 0.1) is 5.56 Å². The molecule has 1 fully saturated rings. The van der Waals surface area contributed by atoms with Crippen LogP contribution in [0.25, 0.3) is 0 Å². The van der Waals surface area contributed by atoms with Gasteiger partial charge < -0.3 is 16.4 Å². The number of halogens is 3. The number of aryl methyl sites for hydroxylation is 1. The number of carbonyl (C=O) groups excluding carboxylic acids is 2. The first-order valence-electron chi connectivity index (χ1n) is 10.3. The Morgan fingerprint density at radius 2 is 1.69 bits per heavy atom. The Bertz CT molecular complexity index is 994. The fraction of sp³-hybridized carbons (Fsp3) is 0.348. The molecule has 1 saturated heterocycles. The fourth-order valence-corrected chi connectivity index (χ4v) is 3.97. The number of likely N-dealkylation sites (tertiary alicyclic amines) is 1. The zero-order valence-corrected chi connectivity index (χ0v) is 17.4. The van der Waals surface area contributed by atoms with Crippen molar-refractivity contribution in [2.24, 2.45) is 16.5 Å². The average molecular weight is 446 g/mol. The molecule has 9 heteroatoms. The molecule has 1 aliphatic rings. The first-order chi connectivity index (χ1) is 15.1. The molecule has 0 aliphatic carbocycles. The topological polar surface area (TPSA) is 102 Å². The van der Waals surface area contributed by atoms with Gasteiger partial charge in [0.1, 0.15) is 0 Å². The second-order valence-corrected chi connectivity index (χ2v) is 7.78. The van der Waals surface area contributed by atoms with Crippen LogP contribution in [0.15, 0.2) is 53.5 Å².